The molecule has 1 amide bonds. The van der Waals surface area contributed by atoms with Crippen molar-refractivity contribution in [1.82, 2.24) is 19.5 Å². The molecule has 220 valence electrons. The van der Waals surface area contributed by atoms with E-state index in [2.05, 4.69) is 33.2 Å². The lowest BCUT2D eigenvalue weighted by molar-refractivity contribution is -0.157. The number of anilines is 1. The smallest absolute Gasteiger partial charge is 0.458 e. The maximum absolute atomic E-state index is 12.6. The number of fused-ring (bicyclic) bond motifs is 1. The lowest BCUT2D eigenvalue weighted by Gasteiger charge is -2.27. The highest BCUT2D eigenvalue weighted by Gasteiger charge is 2.49. The molecule has 2 fully saturated rings. The molecule has 18 nitrogen and oxygen atoms in total. The third kappa shape index (κ3) is 7.20. The molecule has 5 atom stereocenters. The predicted molar refractivity (Wildman–Crippen MR) is 136 cm³/mol. The topological polar surface area (TPSA) is 229 Å². The van der Waals surface area contributed by atoms with Crippen LogP contribution in [0.2, 0.25) is 0 Å². The first-order valence-corrected chi connectivity index (χ1v) is 15.7. The van der Waals surface area contributed by atoms with Crippen molar-refractivity contribution < 1.29 is 60.2 Å². The number of amides is 1. The molecule has 0 spiro atoms. The average Bonchev–Trinajstić information content (AvgIpc) is 3.51. The normalized spacial score (nSPS) is 29.8. The van der Waals surface area contributed by atoms with Gasteiger partial charge in [-0.3, -0.25) is 9.36 Å². The number of rotatable bonds is 9. The van der Waals surface area contributed by atoms with Crippen molar-refractivity contribution in [2.45, 2.75) is 24.9 Å². The van der Waals surface area contributed by atoms with E-state index in [0.717, 1.165) is 0 Å². The first kappa shape index (κ1) is 29.8. The molecule has 4 heterocycles. The van der Waals surface area contributed by atoms with Gasteiger partial charge < -0.3 is 33.8 Å². The molecule has 0 radical (unpaired) electrons. The lowest BCUT2D eigenvalue weighted by Crippen LogP contribution is -2.32. The minimum atomic E-state index is -4.92. The molecule has 0 aliphatic carbocycles. The number of imidazole rings is 1. The molecule has 21 heteroatoms. The van der Waals surface area contributed by atoms with Crippen LogP contribution < -0.4 is 5.32 Å². The number of hydrogen-bond donors (Lipinski definition) is 3. The molecule has 2 aliphatic heterocycles. The molecule has 0 saturated carbocycles. The molecular formula is C20H22N5O13P3. The highest BCUT2D eigenvalue weighted by atomic mass is 31.3. The quantitative estimate of drug-likeness (QED) is 0.227. The summed E-state index contributed by atoms with van der Waals surface area (Å²) in [4.78, 5) is 56.5. The van der Waals surface area contributed by atoms with Crippen LogP contribution in [-0.4, -0.2) is 73.7 Å². The number of ether oxygens (including phenoxy) is 3. The van der Waals surface area contributed by atoms with Crippen LogP contribution in [0.1, 0.15) is 23.0 Å². The fourth-order valence-corrected chi connectivity index (χ4v) is 8.11. The van der Waals surface area contributed by atoms with Crippen molar-refractivity contribution in [2.75, 3.05) is 25.6 Å². The number of nitrogens with one attached hydrogen (secondary N) is 1. The highest BCUT2D eigenvalue weighted by molar-refractivity contribution is 7.72. The average molecular weight is 633 g/mol. The molecule has 2 aromatic heterocycles. The molecule has 2 unspecified atom stereocenters. The van der Waals surface area contributed by atoms with Crippen molar-refractivity contribution in [1.29, 1.82) is 0 Å². The lowest BCUT2D eigenvalue weighted by atomic mass is 10.2. The van der Waals surface area contributed by atoms with Crippen LogP contribution in [0.25, 0.3) is 11.2 Å². The van der Waals surface area contributed by atoms with Crippen molar-refractivity contribution in [3.8, 4) is 0 Å². The number of benzene rings is 1. The van der Waals surface area contributed by atoms with Crippen molar-refractivity contribution in [3.63, 3.8) is 0 Å². The third-order valence-electron chi connectivity index (χ3n) is 5.55. The maximum atomic E-state index is 12.6. The Morgan fingerprint density at radius 2 is 1.88 bits per heavy atom. The van der Waals surface area contributed by atoms with E-state index in [4.69, 9.17) is 18.7 Å². The van der Waals surface area contributed by atoms with Gasteiger partial charge in [0.25, 0.3) is 5.91 Å². The Hall–Kier alpha value is -2.72. The van der Waals surface area contributed by atoms with Gasteiger partial charge in [0, 0.05) is 19.1 Å². The first-order valence-electron chi connectivity index (χ1n) is 11.6. The minimum Gasteiger partial charge on any atom is -0.458 e. The standard InChI is InChI=1S/C20H22N5O13P3/c1-32-9-16(26)35-13-7-15(34-14(13)8-33-39-36-40(28,29)38-41(30,31)37-39)25-11-23-17-18(21-10-22-19(17)25)24-20(27)12-5-3-2-4-6-12/h2-6,10-11,13-15H,7-9H2,1H3,(H,28,29)(H,30,31)(H,21,22,24,27)/t13-,14+,15+/m0/s1. The van der Waals surface area contributed by atoms with Gasteiger partial charge in [-0.25, -0.2) is 37.5 Å². The monoisotopic (exact) mass is 633 g/mol. The highest BCUT2D eigenvalue weighted by Crippen LogP contribution is 2.76. The van der Waals surface area contributed by atoms with Gasteiger partial charge in [-0.2, -0.15) is 4.31 Å². The van der Waals surface area contributed by atoms with Gasteiger partial charge in [0.1, 0.15) is 31.4 Å². The summed E-state index contributed by atoms with van der Waals surface area (Å²) in [6, 6.07) is 8.50. The van der Waals surface area contributed by atoms with Crippen LogP contribution in [0.4, 0.5) is 5.82 Å². The molecular weight excluding hydrogens is 611 g/mol. The number of carbonyl (C=O) groups is 2. The zero-order valence-electron chi connectivity index (χ0n) is 20.9. The summed E-state index contributed by atoms with van der Waals surface area (Å²) in [5, 5.41) is 2.70. The minimum absolute atomic E-state index is 0.0738. The molecule has 3 aromatic rings. The Kier molecular flexibility index (Phi) is 8.90. The molecule has 5 rings (SSSR count). The maximum Gasteiger partial charge on any atom is 0.488 e. The Bertz CT molecular complexity index is 1500. The summed E-state index contributed by atoms with van der Waals surface area (Å²) in [6.07, 6.45) is -0.0556. The van der Waals surface area contributed by atoms with Crippen LogP contribution >= 0.6 is 24.2 Å². The Morgan fingerprint density at radius 1 is 1.15 bits per heavy atom. The summed E-state index contributed by atoms with van der Waals surface area (Å²) in [5.74, 6) is -0.958. The summed E-state index contributed by atoms with van der Waals surface area (Å²) in [6.45, 7) is -0.800. The number of esters is 1. The zero-order valence-corrected chi connectivity index (χ0v) is 23.6. The Morgan fingerprint density at radius 3 is 2.59 bits per heavy atom. The van der Waals surface area contributed by atoms with E-state index < -0.39 is 61.2 Å². The number of aromatic nitrogens is 4. The van der Waals surface area contributed by atoms with E-state index in [9.17, 15) is 28.5 Å². The molecule has 0 bridgehead atoms. The number of phosphoric acid groups is 2. The number of methoxy groups -OCH3 is 1. The number of hydrogen-bond acceptors (Lipinski definition) is 14. The predicted octanol–water partition coefficient (Wildman–Crippen LogP) is 2.43. The summed E-state index contributed by atoms with van der Waals surface area (Å²) in [5.41, 5.74) is 0.966. The summed E-state index contributed by atoms with van der Waals surface area (Å²) >= 11 is 0. The van der Waals surface area contributed by atoms with Gasteiger partial charge in [-0.15, -0.1) is 0 Å². The van der Waals surface area contributed by atoms with Gasteiger partial charge in [-0.1, -0.05) is 18.2 Å². The van der Waals surface area contributed by atoms with E-state index in [0.29, 0.717) is 11.2 Å². The molecule has 2 saturated heterocycles. The second kappa shape index (κ2) is 12.3. The summed E-state index contributed by atoms with van der Waals surface area (Å²) in [7, 11) is -11.3. The Balaban J connectivity index is 1.34. The fraction of sp³-hybridized carbons (Fsp3) is 0.350. The van der Waals surface area contributed by atoms with E-state index >= 15 is 0 Å². The molecule has 3 N–H and O–H groups in total. The second-order valence-electron chi connectivity index (χ2n) is 8.39. The largest absolute Gasteiger partial charge is 0.488 e. The summed E-state index contributed by atoms with van der Waals surface area (Å²) < 4.78 is 59.7. The van der Waals surface area contributed by atoms with Gasteiger partial charge in [-0.05, 0) is 12.1 Å². The second-order valence-corrected chi connectivity index (χ2v) is 12.9. The van der Waals surface area contributed by atoms with Gasteiger partial charge in [0.2, 0.25) is 0 Å². The number of carbonyl (C=O) groups excluding carboxylic acids is 2. The zero-order chi connectivity index (χ0) is 29.2. The van der Waals surface area contributed by atoms with Gasteiger partial charge >= 0.3 is 30.2 Å². The van der Waals surface area contributed by atoms with Crippen LogP contribution in [-0.2, 0) is 45.6 Å². The number of nitrogens with zero attached hydrogens (tertiary/aromatic N) is 4. The van der Waals surface area contributed by atoms with E-state index in [1.807, 2.05) is 0 Å². The van der Waals surface area contributed by atoms with Crippen molar-refractivity contribution >= 4 is 53.1 Å². The van der Waals surface area contributed by atoms with E-state index in [1.165, 1.54) is 24.3 Å². The fourth-order valence-electron chi connectivity index (χ4n) is 3.91. The molecule has 1 aromatic carbocycles. The van der Waals surface area contributed by atoms with E-state index in [-0.39, 0.29) is 24.4 Å². The first-order chi connectivity index (χ1) is 19.5. The molecule has 41 heavy (non-hydrogen) atoms. The van der Waals surface area contributed by atoms with Gasteiger partial charge in [0.05, 0.1) is 12.9 Å². The molecule has 2 aliphatic rings. The van der Waals surface area contributed by atoms with Crippen LogP contribution in [0.5, 0.6) is 0 Å². The Labute approximate surface area is 232 Å². The van der Waals surface area contributed by atoms with Crippen molar-refractivity contribution in [2.24, 2.45) is 0 Å². The van der Waals surface area contributed by atoms with Crippen molar-refractivity contribution in [3.05, 3.63) is 48.5 Å². The van der Waals surface area contributed by atoms with Gasteiger partial charge in [0.15, 0.2) is 17.0 Å². The van der Waals surface area contributed by atoms with Crippen LogP contribution in [0.3, 0.4) is 0 Å². The van der Waals surface area contributed by atoms with Crippen LogP contribution in [0, 0.1) is 0 Å². The third-order valence-corrected chi connectivity index (χ3v) is 10.3. The van der Waals surface area contributed by atoms with Crippen LogP contribution in [0.15, 0.2) is 43.0 Å². The SMILES string of the molecule is COCC(=O)O[C@H]1C[C@H](n2cnc3c(NC(=O)c4ccccc4)ncnc32)O[C@@H]1COP1OP(=O)(O)OP(=O)(O)O1. The van der Waals surface area contributed by atoms with E-state index in [1.54, 1.807) is 30.3 Å².